The summed E-state index contributed by atoms with van der Waals surface area (Å²) in [6.07, 6.45) is 0. The summed E-state index contributed by atoms with van der Waals surface area (Å²) in [6.45, 7) is 0. The number of rotatable bonds is 3. The number of nitro benzene ring substituents is 1. The second-order valence-electron chi connectivity index (χ2n) is 4.25. The molecule has 0 bridgehead atoms. The number of para-hydroxylation sites is 1. The van der Waals surface area contributed by atoms with Crippen molar-refractivity contribution in [2.45, 2.75) is 0 Å². The van der Waals surface area contributed by atoms with Gasteiger partial charge in [-0.1, -0.05) is 41.4 Å². The molecule has 0 N–H and O–H groups in total. The average molecular weight is 325 g/mol. The van der Waals surface area contributed by atoms with Crippen LogP contribution in [0, 0.1) is 10.1 Å². The molecule has 0 fully saturated rings. The summed E-state index contributed by atoms with van der Waals surface area (Å²) >= 11 is 11.6. The Bertz CT molecular complexity index is 705. The summed E-state index contributed by atoms with van der Waals surface area (Å²) in [5.74, 6) is -0.414. The van der Waals surface area contributed by atoms with Gasteiger partial charge >= 0.3 is 0 Å². The van der Waals surface area contributed by atoms with E-state index in [0.29, 0.717) is 5.69 Å². The monoisotopic (exact) mass is 324 g/mol. The quantitative estimate of drug-likeness (QED) is 0.628. The summed E-state index contributed by atoms with van der Waals surface area (Å²) in [6, 6.07) is 11.3. The number of carbonyl (C=O) groups excluding carboxylic acids is 1. The van der Waals surface area contributed by atoms with Gasteiger partial charge in [-0.25, -0.2) is 0 Å². The van der Waals surface area contributed by atoms with Crippen molar-refractivity contribution in [3.8, 4) is 0 Å². The van der Waals surface area contributed by atoms with E-state index >= 15 is 0 Å². The predicted octanol–water partition coefficient (Wildman–Crippen LogP) is 4.18. The van der Waals surface area contributed by atoms with Crippen molar-refractivity contribution in [2.24, 2.45) is 0 Å². The lowest BCUT2D eigenvalue weighted by molar-refractivity contribution is -0.384. The van der Waals surface area contributed by atoms with Crippen LogP contribution in [0.5, 0.6) is 0 Å². The summed E-state index contributed by atoms with van der Waals surface area (Å²) in [5.41, 5.74) is 0.368. The van der Waals surface area contributed by atoms with Gasteiger partial charge in [-0.2, -0.15) is 0 Å². The summed E-state index contributed by atoms with van der Waals surface area (Å²) in [7, 11) is 1.58. The van der Waals surface area contributed by atoms with Gasteiger partial charge in [0.25, 0.3) is 11.6 Å². The fourth-order valence-electron chi connectivity index (χ4n) is 1.79. The van der Waals surface area contributed by atoms with Gasteiger partial charge in [-0.05, 0) is 18.2 Å². The summed E-state index contributed by atoms with van der Waals surface area (Å²) < 4.78 is 0. The van der Waals surface area contributed by atoms with Crippen LogP contribution in [0.4, 0.5) is 11.4 Å². The number of amides is 1. The zero-order chi connectivity index (χ0) is 15.6. The molecular formula is C14H10Cl2N2O3. The third-order valence-corrected chi connectivity index (χ3v) is 3.69. The van der Waals surface area contributed by atoms with Gasteiger partial charge in [0.05, 0.1) is 9.95 Å². The predicted molar refractivity (Wildman–Crippen MR) is 82.3 cm³/mol. The smallest absolute Gasteiger partial charge is 0.290 e. The van der Waals surface area contributed by atoms with Gasteiger partial charge in [-0.3, -0.25) is 14.9 Å². The van der Waals surface area contributed by atoms with Crippen LogP contribution in [0.2, 0.25) is 10.0 Å². The van der Waals surface area contributed by atoms with E-state index in [1.165, 1.54) is 11.0 Å². The van der Waals surface area contributed by atoms with Gasteiger partial charge in [0, 0.05) is 24.4 Å². The Morgan fingerprint density at radius 2 is 1.81 bits per heavy atom. The first-order valence-electron chi connectivity index (χ1n) is 5.88. The number of nitrogens with zero attached hydrogens (tertiary/aromatic N) is 2. The molecule has 0 saturated carbocycles. The van der Waals surface area contributed by atoms with Crippen LogP contribution in [-0.4, -0.2) is 17.9 Å². The van der Waals surface area contributed by atoms with Crippen LogP contribution in [0.3, 0.4) is 0 Å². The Morgan fingerprint density at radius 3 is 2.38 bits per heavy atom. The molecule has 2 aromatic carbocycles. The molecule has 0 radical (unpaired) electrons. The lowest BCUT2D eigenvalue weighted by Gasteiger charge is -2.17. The molecule has 0 aliphatic rings. The van der Waals surface area contributed by atoms with Crippen LogP contribution >= 0.6 is 23.2 Å². The molecule has 0 aliphatic heterocycles. The van der Waals surface area contributed by atoms with Crippen molar-refractivity contribution >= 4 is 40.5 Å². The van der Waals surface area contributed by atoms with Crippen LogP contribution in [0.25, 0.3) is 0 Å². The van der Waals surface area contributed by atoms with E-state index in [-0.39, 0.29) is 15.6 Å². The molecule has 0 spiro atoms. The molecule has 0 aromatic heterocycles. The first kappa shape index (κ1) is 15.3. The number of hydrogen-bond donors (Lipinski definition) is 0. The topological polar surface area (TPSA) is 63.5 Å². The van der Waals surface area contributed by atoms with Crippen LogP contribution in [0.15, 0.2) is 42.5 Å². The number of halogens is 2. The van der Waals surface area contributed by atoms with Gasteiger partial charge in [0.1, 0.15) is 5.02 Å². The number of benzene rings is 2. The number of nitro groups is 1. The largest absolute Gasteiger partial charge is 0.311 e. The number of anilines is 1. The second-order valence-corrected chi connectivity index (χ2v) is 5.03. The maximum Gasteiger partial charge on any atom is 0.290 e. The fraction of sp³-hybridized carbons (Fsp3) is 0.0714. The molecule has 108 valence electrons. The van der Waals surface area contributed by atoms with Crippen molar-refractivity contribution in [3.63, 3.8) is 0 Å². The second kappa shape index (κ2) is 6.11. The van der Waals surface area contributed by atoms with Gasteiger partial charge in [-0.15, -0.1) is 0 Å². The summed E-state index contributed by atoms with van der Waals surface area (Å²) in [4.78, 5) is 24.0. The lowest BCUT2D eigenvalue weighted by atomic mass is 10.1. The average Bonchev–Trinajstić information content (AvgIpc) is 2.49. The Balaban J connectivity index is 2.42. The van der Waals surface area contributed by atoms with E-state index in [2.05, 4.69) is 0 Å². The molecule has 0 aliphatic carbocycles. The highest BCUT2D eigenvalue weighted by Crippen LogP contribution is 2.33. The van der Waals surface area contributed by atoms with Crippen molar-refractivity contribution < 1.29 is 9.72 Å². The third kappa shape index (κ3) is 3.15. The maximum absolute atomic E-state index is 12.4. The standard InChI is InChI=1S/C14H10Cl2N2O3/c1-17(10-5-3-2-4-6-10)14(19)9-7-11(15)13(16)12(8-9)18(20)21/h2-8H,1H3. The molecular weight excluding hydrogens is 315 g/mol. The van der Waals surface area contributed by atoms with Crippen LogP contribution < -0.4 is 4.90 Å². The number of carbonyl (C=O) groups is 1. The molecule has 0 heterocycles. The molecule has 0 unspecified atom stereocenters. The third-order valence-electron chi connectivity index (χ3n) is 2.90. The molecule has 21 heavy (non-hydrogen) atoms. The normalized spacial score (nSPS) is 10.2. The Kier molecular flexibility index (Phi) is 4.45. The minimum Gasteiger partial charge on any atom is -0.311 e. The highest BCUT2D eigenvalue weighted by Gasteiger charge is 2.22. The van der Waals surface area contributed by atoms with E-state index < -0.39 is 16.5 Å². The van der Waals surface area contributed by atoms with Crippen LogP contribution in [0.1, 0.15) is 10.4 Å². The summed E-state index contributed by atoms with van der Waals surface area (Å²) in [5, 5.41) is 10.7. The zero-order valence-corrected chi connectivity index (χ0v) is 12.4. The molecule has 5 nitrogen and oxygen atoms in total. The van der Waals surface area contributed by atoms with Crippen molar-refractivity contribution in [2.75, 3.05) is 11.9 Å². The van der Waals surface area contributed by atoms with Crippen molar-refractivity contribution in [1.82, 2.24) is 0 Å². The fourth-order valence-corrected chi connectivity index (χ4v) is 2.19. The van der Waals surface area contributed by atoms with Gasteiger partial charge in [0.2, 0.25) is 0 Å². The lowest BCUT2D eigenvalue weighted by Crippen LogP contribution is -2.26. The molecule has 2 aromatic rings. The Morgan fingerprint density at radius 1 is 1.19 bits per heavy atom. The first-order valence-corrected chi connectivity index (χ1v) is 6.64. The van der Waals surface area contributed by atoms with Crippen molar-refractivity contribution in [3.05, 3.63) is 68.2 Å². The molecule has 2 rings (SSSR count). The van der Waals surface area contributed by atoms with Crippen LogP contribution in [-0.2, 0) is 0 Å². The Labute approximate surface area is 130 Å². The minimum absolute atomic E-state index is 0.0318. The van der Waals surface area contributed by atoms with Gasteiger partial charge < -0.3 is 4.90 Å². The highest BCUT2D eigenvalue weighted by molar-refractivity contribution is 6.43. The molecule has 0 saturated heterocycles. The van der Waals surface area contributed by atoms with Crippen molar-refractivity contribution in [1.29, 1.82) is 0 Å². The number of hydrogen-bond acceptors (Lipinski definition) is 3. The van der Waals surface area contributed by atoms with E-state index in [0.717, 1.165) is 6.07 Å². The van der Waals surface area contributed by atoms with E-state index in [1.807, 2.05) is 6.07 Å². The Hall–Kier alpha value is -2.11. The zero-order valence-electron chi connectivity index (χ0n) is 10.9. The molecule has 1 amide bonds. The first-order chi connectivity index (χ1) is 9.91. The maximum atomic E-state index is 12.4. The molecule has 0 atom stereocenters. The van der Waals surface area contributed by atoms with Gasteiger partial charge in [0.15, 0.2) is 0 Å². The van der Waals surface area contributed by atoms with E-state index in [1.54, 1.807) is 31.3 Å². The SMILES string of the molecule is CN(C(=O)c1cc(Cl)c(Cl)c([N+](=O)[O-])c1)c1ccccc1. The molecule has 7 heteroatoms. The van der Waals surface area contributed by atoms with E-state index in [4.69, 9.17) is 23.2 Å². The van der Waals surface area contributed by atoms with E-state index in [9.17, 15) is 14.9 Å². The highest BCUT2D eigenvalue weighted by atomic mass is 35.5. The minimum atomic E-state index is -0.673.